The van der Waals surface area contributed by atoms with Crippen LogP contribution in [0.4, 0.5) is 0 Å². The van der Waals surface area contributed by atoms with Gasteiger partial charge in [-0.2, -0.15) is 14.6 Å². The molecule has 0 spiro atoms. The van der Waals surface area contributed by atoms with Gasteiger partial charge in [-0.15, -0.1) is 0 Å². The van der Waals surface area contributed by atoms with Gasteiger partial charge in [-0.05, 0) is 37.1 Å². The van der Waals surface area contributed by atoms with E-state index in [4.69, 9.17) is 14.7 Å². The van der Waals surface area contributed by atoms with E-state index >= 15 is 0 Å². The molecular formula is C17H18N4O4S. The minimum Gasteiger partial charge on any atom is -0.473 e. The summed E-state index contributed by atoms with van der Waals surface area (Å²) < 4.78 is 37.8. The van der Waals surface area contributed by atoms with Crippen LogP contribution in [0.5, 0.6) is 11.9 Å². The van der Waals surface area contributed by atoms with Crippen molar-refractivity contribution >= 4 is 10.0 Å². The molecule has 1 aromatic carbocycles. The molecule has 136 valence electrons. The molecule has 0 aliphatic carbocycles. The Balaban J connectivity index is 1.73. The van der Waals surface area contributed by atoms with E-state index in [-0.39, 0.29) is 23.6 Å². The van der Waals surface area contributed by atoms with Crippen LogP contribution in [0.3, 0.4) is 0 Å². The van der Waals surface area contributed by atoms with Crippen molar-refractivity contribution in [2.75, 3.05) is 20.2 Å². The lowest BCUT2D eigenvalue weighted by atomic mass is 10.1. The van der Waals surface area contributed by atoms with E-state index in [0.717, 1.165) is 6.42 Å². The smallest absolute Gasteiger partial charge is 0.319 e. The Labute approximate surface area is 152 Å². The molecule has 1 fully saturated rings. The number of rotatable bonds is 5. The third kappa shape index (κ3) is 3.92. The van der Waals surface area contributed by atoms with Crippen LogP contribution in [0.25, 0.3) is 0 Å². The maximum absolute atomic E-state index is 12.8. The zero-order chi connectivity index (χ0) is 18.6. The topological polar surface area (TPSA) is 105 Å². The summed E-state index contributed by atoms with van der Waals surface area (Å²) >= 11 is 0. The summed E-state index contributed by atoms with van der Waals surface area (Å²) in [6.45, 7) is 0.657. The van der Waals surface area contributed by atoms with Crippen LogP contribution < -0.4 is 9.47 Å². The number of piperidine rings is 1. The van der Waals surface area contributed by atoms with E-state index in [9.17, 15) is 8.42 Å². The van der Waals surface area contributed by atoms with Crippen LogP contribution >= 0.6 is 0 Å². The third-order valence-electron chi connectivity index (χ3n) is 4.04. The lowest BCUT2D eigenvalue weighted by Crippen LogP contribution is -2.44. The van der Waals surface area contributed by atoms with Crippen LogP contribution in [0.1, 0.15) is 18.4 Å². The number of nitriles is 1. The molecular weight excluding hydrogens is 356 g/mol. The molecule has 1 aromatic heterocycles. The maximum atomic E-state index is 12.8. The second-order valence-corrected chi connectivity index (χ2v) is 7.70. The molecule has 0 saturated carbocycles. The minimum absolute atomic E-state index is 0.167. The van der Waals surface area contributed by atoms with Crippen molar-refractivity contribution in [3.05, 3.63) is 42.1 Å². The van der Waals surface area contributed by atoms with Crippen LogP contribution in [0.15, 0.2) is 41.4 Å². The van der Waals surface area contributed by atoms with Crippen molar-refractivity contribution in [1.29, 1.82) is 5.26 Å². The Hall–Kier alpha value is -2.70. The molecule has 3 rings (SSSR count). The monoisotopic (exact) mass is 374 g/mol. The van der Waals surface area contributed by atoms with Crippen LogP contribution in [0.2, 0.25) is 0 Å². The number of hydrogen-bond acceptors (Lipinski definition) is 7. The predicted octanol–water partition coefficient (Wildman–Crippen LogP) is 1.59. The van der Waals surface area contributed by atoms with Crippen molar-refractivity contribution < 1.29 is 17.9 Å². The molecule has 2 heterocycles. The van der Waals surface area contributed by atoms with Crippen molar-refractivity contribution in [2.45, 2.75) is 23.8 Å². The van der Waals surface area contributed by atoms with Crippen molar-refractivity contribution in [1.82, 2.24) is 14.3 Å². The number of benzene rings is 1. The van der Waals surface area contributed by atoms with Crippen LogP contribution in [-0.2, 0) is 10.0 Å². The molecule has 1 saturated heterocycles. The fourth-order valence-electron chi connectivity index (χ4n) is 2.73. The highest BCUT2D eigenvalue weighted by atomic mass is 32.2. The second-order valence-electron chi connectivity index (χ2n) is 5.76. The van der Waals surface area contributed by atoms with Crippen molar-refractivity contribution in [2.24, 2.45) is 0 Å². The van der Waals surface area contributed by atoms with E-state index in [1.54, 1.807) is 6.07 Å². The van der Waals surface area contributed by atoms with Gasteiger partial charge in [0.25, 0.3) is 0 Å². The first-order valence-electron chi connectivity index (χ1n) is 8.07. The lowest BCUT2D eigenvalue weighted by Gasteiger charge is -2.31. The van der Waals surface area contributed by atoms with E-state index in [1.165, 1.54) is 41.9 Å². The fraction of sp³-hybridized carbons (Fsp3) is 0.353. The highest BCUT2D eigenvalue weighted by Crippen LogP contribution is 2.23. The number of methoxy groups -OCH3 is 1. The first kappa shape index (κ1) is 18.1. The number of aromatic nitrogens is 2. The Morgan fingerprint density at radius 2 is 2.04 bits per heavy atom. The van der Waals surface area contributed by atoms with Gasteiger partial charge in [0.15, 0.2) is 0 Å². The number of ether oxygens (including phenoxy) is 2. The van der Waals surface area contributed by atoms with Gasteiger partial charge in [0.2, 0.25) is 15.9 Å². The summed E-state index contributed by atoms with van der Waals surface area (Å²) in [4.78, 5) is 8.18. The molecule has 0 radical (unpaired) electrons. The van der Waals surface area contributed by atoms with Gasteiger partial charge < -0.3 is 9.47 Å². The molecule has 8 nitrogen and oxygen atoms in total. The van der Waals surface area contributed by atoms with E-state index in [1.807, 2.05) is 6.07 Å². The number of sulfonamides is 1. The van der Waals surface area contributed by atoms with E-state index < -0.39 is 10.0 Å². The van der Waals surface area contributed by atoms with E-state index in [0.29, 0.717) is 24.4 Å². The Kier molecular flexibility index (Phi) is 5.35. The van der Waals surface area contributed by atoms with E-state index in [2.05, 4.69) is 9.97 Å². The van der Waals surface area contributed by atoms with Gasteiger partial charge >= 0.3 is 6.01 Å². The largest absolute Gasteiger partial charge is 0.473 e. The fourth-order valence-corrected chi connectivity index (χ4v) is 4.24. The number of nitrogens with zero attached hydrogens (tertiary/aromatic N) is 4. The average Bonchev–Trinajstić information content (AvgIpc) is 2.68. The summed E-state index contributed by atoms with van der Waals surface area (Å²) in [6, 6.07) is 9.68. The Morgan fingerprint density at radius 1 is 1.27 bits per heavy atom. The summed E-state index contributed by atoms with van der Waals surface area (Å²) in [5, 5.41) is 8.85. The highest BCUT2D eigenvalue weighted by Gasteiger charge is 2.31. The SMILES string of the molecule is COc1nccc(OC2CCCN(S(=O)(=O)c3ccc(C#N)cc3)C2)n1. The molecule has 1 aliphatic rings. The standard InChI is InChI=1S/C17H18N4O4S/c1-24-17-19-9-8-16(20-17)25-14-3-2-10-21(12-14)26(22,23)15-6-4-13(11-18)5-7-15/h4-9,14H,2-3,10,12H2,1H3. The van der Waals surface area contributed by atoms with Crippen molar-refractivity contribution in [3.63, 3.8) is 0 Å². The van der Waals surface area contributed by atoms with Crippen LogP contribution in [-0.4, -0.2) is 49.0 Å². The lowest BCUT2D eigenvalue weighted by molar-refractivity contribution is 0.123. The average molecular weight is 374 g/mol. The molecule has 0 amide bonds. The first-order valence-corrected chi connectivity index (χ1v) is 9.51. The highest BCUT2D eigenvalue weighted by molar-refractivity contribution is 7.89. The summed E-state index contributed by atoms with van der Waals surface area (Å²) in [7, 11) is -2.17. The third-order valence-corrected chi connectivity index (χ3v) is 5.92. The summed E-state index contributed by atoms with van der Waals surface area (Å²) in [5.41, 5.74) is 0.418. The quantitative estimate of drug-likeness (QED) is 0.782. The van der Waals surface area contributed by atoms with Gasteiger partial charge in [0.05, 0.1) is 30.2 Å². The van der Waals surface area contributed by atoms with Gasteiger partial charge in [0, 0.05) is 18.8 Å². The predicted molar refractivity (Wildman–Crippen MR) is 92.1 cm³/mol. The molecule has 1 aliphatic heterocycles. The Bertz CT molecular complexity index is 909. The van der Waals surface area contributed by atoms with Crippen LogP contribution in [0, 0.1) is 11.3 Å². The molecule has 1 atom stereocenters. The molecule has 2 aromatic rings. The summed E-state index contributed by atoms with van der Waals surface area (Å²) in [6.07, 6.45) is 2.63. The zero-order valence-electron chi connectivity index (χ0n) is 14.2. The van der Waals surface area contributed by atoms with Gasteiger partial charge in [-0.25, -0.2) is 13.4 Å². The van der Waals surface area contributed by atoms with Gasteiger partial charge in [-0.3, -0.25) is 0 Å². The molecule has 0 bridgehead atoms. The number of hydrogen-bond donors (Lipinski definition) is 0. The molecule has 9 heteroatoms. The molecule has 1 unspecified atom stereocenters. The van der Waals surface area contributed by atoms with Crippen molar-refractivity contribution in [3.8, 4) is 18.0 Å². The normalized spacial score (nSPS) is 18.1. The van der Waals surface area contributed by atoms with Gasteiger partial charge in [0.1, 0.15) is 6.10 Å². The van der Waals surface area contributed by atoms with Gasteiger partial charge in [-0.1, -0.05) is 0 Å². The minimum atomic E-state index is -3.64. The molecule has 0 N–H and O–H groups in total. The maximum Gasteiger partial charge on any atom is 0.319 e. The second kappa shape index (κ2) is 7.68. The summed E-state index contributed by atoms with van der Waals surface area (Å²) in [5.74, 6) is 0.347. The zero-order valence-corrected chi connectivity index (χ0v) is 15.0. The Morgan fingerprint density at radius 3 is 2.73 bits per heavy atom. The first-order chi connectivity index (χ1) is 12.5. The molecule has 26 heavy (non-hydrogen) atoms.